The lowest BCUT2D eigenvalue weighted by Crippen LogP contribution is -2.28. The first-order valence-electron chi connectivity index (χ1n) is 7.27. The molecule has 0 unspecified atom stereocenters. The maximum absolute atomic E-state index is 11.8. The Morgan fingerprint density at radius 2 is 1.86 bits per heavy atom. The average molecular weight is 290 g/mol. The molecule has 2 rings (SSSR count). The third-order valence-electron chi connectivity index (χ3n) is 3.79. The van der Waals surface area contributed by atoms with Crippen molar-refractivity contribution in [3.8, 4) is 0 Å². The third-order valence-corrected chi connectivity index (χ3v) is 3.79. The van der Waals surface area contributed by atoms with Crippen LogP contribution >= 0.6 is 0 Å². The van der Waals surface area contributed by atoms with E-state index in [0.29, 0.717) is 30.3 Å². The molecule has 0 radical (unpaired) electrons. The second kappa shape index (κ2) is 6.26. The van der Waals surface area contributed by atoms with Gasteiger partial charge in [-0.05, 0) is 44.4 Å². The Balaban J connectivity index is 1.86. The third kappa shape index (κ3) is 4.29. The molecule has 1 saturated carbocycles. The molecular weight excluding hydrogens is 268 g/mol. The van der Waals surface area contributed by atoms with E-state index in [2.05, 4.69) is 10.6 Å². The fraction of sp³-hybridized carbons (Fsp3) is 0.500. The summed E-state index contributed by atoms with van der Waals surface area (Å²) >= 11 is 0. The number of anilines is 1. The lowest BCUT2D eigenvalue weighted by atomic mass is 9.85. The van der Waals surface area contributed by atoms with Gasteiger partial charge in [-0.15, -0.1) is 0 Å². The first-order valence-corrected chi connectivity index (χ1v) is 7.27. The molecule has 1 amide bonds. The van der Waals surface area contributed by atoms with Crippen LogP contribution in [-0.2, 0) is 15.0 Å². The normalized spacial score (nSPS) is 14.8. The van der Waals surface area contributed by atoms with Crippen LogP contribution in [0.25, 0.3) is 0 Å². The monoisotopic (exact) mass is 290 g/mol. The molecule has 1 aromatic carbocycles. The van der Waals surface area contributed by atoms with Crippen molar-refractivity contribution in [1.29, 1.82) is 0 Å². The van der Waals surface area contributed by atoms with Crippen molar-refractivity contribution in [3.63, 3.8) is 0 Å². The molecule has 1 aromatic rings. The van der Waals surface area contributed by atoms with Gasteiger partial charge in [-0.3, -0.25) is 9.59 Å². The van der Waals surface area contributed by atoms with E-state index in [9.17, 15) is 14.7 Å². The molecular formula is C16H22N2O3. The second-order valence-corrected chi connectivity index (χ2v) is 6.03. The number of hydrogen-bond donors (Lipinski definition) is 3. The second-order valence-electron chi connectivity index (χ2n) is 6.03. The van der Waals surface area contributed by atoms with Crippen LogP contribution in [0.5, 0.6) is 0 Å². The van der Waals surface area contributed by atoms with E-state index in [-0.39, 0.29) is 5.91 Å². The molecule has 114 valence electrons. The molecule has 5 nitrogen and oxygen atoms in total. The standard InChI is InChI=1S/C16H22N2O3/c1-16(2,15(20)21)11-3-5-13(6-4-11)18-14(19)9-10-17-12-7-8-12/h3-6,12,17H,7-10H2,1-2H3,(H,18,19)(H,20,21). The van der Waals surface area contributed by atoms with Crippen LogP contribution in [0.15, 0.2) is 24.3 Å². The Kier molecular flexibility index (Phi) is 4.63. The molecule has 1 aliphatic rings. The molecule has 0 aromatic heterocycles. The summed E-state index contributed by atoms with van der Waals surface area (Å²) in [5.74, 6) is -0.904. The predicted octanol–water partition coefficient (Wildman–Crippen LogP) is 2.13. The van der Waals surface area contributed by atoms with Crippen molar-refractivity contribution in [3.05, 3.63) is 29.8 Å². The summed E-state index contributed by atoms with van der Waals surface area (Å²) in [6, 6.07) is 7.58. The van der Waals surface area contributed by atoms with Crippen LogP contribution in [0, 0.1) is 0 Å². The zero-order valence-electron chi connectivity index (χ0n) is 12.5. The SMILES string of the molecule is CC(C)(C(=O)O)c1ccc(NC(=O)CCNC2CC2)cc1. The fourth-order valence-electron chi connectivity index (χ4n) is 1.99. The van der Waals surface area contributed by atoms with E-state index in [1.54, 1.807) is 38.1 Å². The topological polar surface area (TPSA) is 78.4 Å². The number of hydrogen-bond acceptors (Lipinski definition) is 3. The summed E-state index contributed by atoms with van der Waals surface area (Å²) in [7, 11) is 0. The summed E-state index contributed by atoms with van der Waals surface area (Å²) in [6.45, 7) is 4.01. The number of benzene rings is 1. The van der Waals surface area contributed by atoms with Crippen LogP contribution in [0.1, 0.15) is 38.7 Å². The van der Waals surface area contributed by atoms with Gasteiger partial charge in [-0.25, -0.2) is 0 Å². The lowest BCUT2D eigenvalue weighted by Gasteiger charge is -2.19. The average Bonchev–Trinajstić information content (AvgIpc) is 3.23. The molecule has 1 aliphatic carbocycles. The summed E-state index contributed by atoms with van der Waals surface area (Å²) in [4.78, 5) is 22.9. The first kappa shape index (κ1) is 15.5. The van der Waals surface area contributed by atoms with Crippen molar-refractivity contribution < 1.29 is 14.7 Å². The van der Waals surface area contributed by atoms with Crippen LogP contribution in [0.3, 0.4) is 0 Å². The largest absolute Gasteiger partial charge is 0.481 e. The highest BCUT2D eigenvalue weighted by molar-refractivity contribution is 5.91. The van der Waals surface area contributed by atoms with Crippen LogP contribution in [-0.4, -0.2) is 29.6 Å². The summed E-state index contributed by atoms with van der Waals surface area (Å²) in [6.07, 6.45) is 2.86. The van der Waals surface area contributed by atoms with E-state index in [4.69, 9.17) is 0 Å². The molecule has 3 N–H and O–H groups in total. The van der Waals surface area contributed by atoms with Gasteiger partial charge >= 0.3 is 5.97 Å². The van der Waals surface area contributed by atoms with Crippen LogP contribution < -0.4 is 10.6 Å². The zero-order chi connectivity index (χ0) is 15.5. The van der Waals surface area contributed by atoms with Gasteiger partial charge in [0.25, 0.3) is 0 Å². The van der Waals surface area contributed by atoms with Crippen LogP contribution in [0.2, 0.25) is 0 Å². The molecule has 0 spiro atoms. The minimum absolute atomic E-state index is 0.0339. The minimum atomic E-state index is -0.934. The molecule has 0 saturated heterocycles. The van der Waals surface area contributed by atoms with Crippen molar-refractivity contribution >= 4 is 17.6 Å². The van der Waals surface area contributed by atoms with Gasteiger partial charge in [0.1, 0.15) is 0 Å². The van der Waals surface area contributed by atoms with E-state index >= 15 is 0 Å². The number of nitrogens with one attached hydrogen (secondary N) is 2. The summed E-state index contributed by atoms with van der Waals surface area (Å²) in [5.41, 5.74) is 0.469. The van der Waals surface area contributed by atoms with Gasteiger partial charge in [0.15, 0.2) is 0 Å². The molecule has 5 heteroatoms. The molecule has 0 aliphatic heterocycles. The van der Waals surface area contributed by atoms with Crippen LogP contribution in [0.4, 0.5) is 5.69 Å². The first-order chi connectivity index (χ1) is 9.89. The highest BCUT2D eigenvalue weighted by atomic mass is 16.4. The fourth-order valence-corrected chi connectivity index (χ4v) is 1.99. The van der Waals surface area contributed by atoms with Gasteiger partial charge in [-0.1, -0.05) is 12.1 Å². The number of carboxylic acids is 1. The Hall–Kier alpha value is -1.88. The highest BCUT2D eigenvalue weighted by Crippen LogP contribution is 2.24. The Labute approximate surface area is 124 Å². The Morgan fingerprint density at radius 3 is 2.38 bits per heavy atom. The lowest BCUT2D eigenvalue weighted by molar-refractivity contribution is -0.142. The number of carbonyl (C=O) groups excluding carboxylic acids is 1. The zero-order valence-corrected chi connectivity index (χ0v) is 12.5. The number of carboxylic acid groups (broad SMARTS) is 1. The maximum atomic E-state index is 11.8. The van der Waals surface area contributed by atoms with Gasteiger partial charge in [0.05, 0.1) is 5.41 Å². The molecule has 0 atom stereocenters. The van der Waals surface area contributed by atoms with Crippen molar-refractivity contribution in [2.45, 2.75) is 44.6 Å². The Morgan fingerprint density at radius 1 is 1.24 bits per heavy atom. The maximum Gasteiger partial charge on any atom is 0.313 e. The van der Waals surface area contributed by atoms with Crippen molar-refractivity contribution in [1.82, 2.24) is 5.32 Å². The van der Waals surface area contributed by atoms with Gasteiger partial charge in [-0.2, -0.15) is 0 Å². The summed E-state index contributed by atoms with van der Waals surface area (Å²) in [5, 5.41) is 15.3. The quantitative estimate of drug-likeness (QED) is 0.719. The number of rotatable bonds is 7. The van der Waals surface area contributed by atoms with Crippen molar-refractivity contribution in [2.24, 2.45) is 0 Å². The smallest absolute Gasteiger partial charge is 0.313 e. The Bertz CT molecular complexity index is 519. The molecule has 0 bridgehead atoms. The van der Waals surface area contributed by atoms with E-state index in [1.165, 1.54) is 12.8 Å². The highest BCUT2D eigenvalue weighted by Gasteiger charge is 2.29. The number of amides is 1. The van der Waals surface area contributed by atoms with Gasteiger partial charge < -0.3 is 15.7 Å². The van der Waals surface area contributed by atoms with E-state index in [1.807, 2.05) is 0 Å². The predicted molar refractivity (Wildman–Crippen MR) is 81.4 cm³/mol. The number of carbonyl (C=O) groups is 2. The number of aliphatic carboxylic acids is 1. The van der Waals surface area contributed by atoms with Gasteiger partial charge in [0, 0.05) is 24.7 Å². The summed E-state index contributed by atoms with van der Waals surface area (Å²) < 4.78 is 0. The van der Waals surface area contributed by atoms with Crippen molar-refractivity contribution in [2.75, 3.05) is 11.9 Å². The molecule has 0 heterocycles. The minimum Gasteiger partial charge on any atom is -0.481 e. The molecule has 1 fully saturated rings. The molecule has 21 heavy (non-hydrogen) atoms. The van der Waals surface area contributed by atoms with E-state index < -0.39 is 11.4 Å². The van der Waals surface area contributed by atoms with Gasteiger partial charge in [0.2, 0.25) is 5.91 Å². The van der Waals surface area contributed by atoms with E-state index in [0.717, 1.165) is 0 Å².